The fraction of sp³-hybridized carbons (Fsp3) is 0.316. The molecule has 25 heavy (non-hydrogen) atoms. The third kappa shape index (κ3) is 3.47. The molecule has 0 aliphatic carbocycles. The van der Waals surface area contributed by atoms with Crippen molar-refractivity contribution < 1.29 is 4.79 Å². The van der Waals surface area contributed by atoms with Crippen LogP contribution in [0.3, 0.4) is 0 Å². The molecule has 0 unspecified atom stereocenters. The summed E-state index contributed by atoms with van der Waals surface area (Å²) in [6.07, 6.45) is 9.37. The lowest BCUT2D eigenvalue weighted by molar-refractivity contribution is 0.0704. The number of benzene rings is 1. The molecule has 4 rings (SSSR count). The summed E-state index contributed by atoms with van der Waals surface area (Å²) in [6.45, 7) is 2.19. The number of rotatable bonds is 4. The SMILES string of the molecule is O=C(c1cccc(Cn2cccn2)c1)N1CCC[C@@H](c2ncc[nH]2)C1. The Bertz CT molecular complexity index is 825. The molecule has 1 aliphatic rings. The van der Waals surface area contributed by atoms with E-state index < -0.39 is 0 Å². The molecule has 3 heterocycles. The van der Waals surface area contributed by atoms with E-state index in [-0.39, 0.29) is 5.91 Å². The van der Waals surface area contributed by atoms with E-state index in [1.54, 1.807) is 12.4 Å². The van der Waals surface area contributed by atoms with Crippen molar-refractivity contribution in [2.75, 3.05) is 13.1 Å². The van der Waals surface area contributed by atoms with Crippen molar-refractivity contribution in [3.05, 3.63) is 72.1 Å². The maximum absolute atomic E-state index is 12.9. The molecule has 1 fully saturated rings. The maximum atomic E-state index is 12.9. The molecular weight excluding hydrogens is 314 g/mol. The van der Waals surface area contributed by atoms with Gasteiger partial charge in [-0.05, 0) is 36.6 Å². The predicted molar refractivity (Wildman–Crippen MR) is 94.2 cm³/mol. The number of carbonyl (C=O) groups is 1. The Balaban J connectivity index is 1.48. The highest BCUT2D eigenvalue weighted by molar-refractivity contribution is 5.94. The van der Waals surface area contributed by atoms with Crippen LogP contribution in [-0.4, -0.2) is 43.6 Å². The van der Waals surface area contributed by atoms with Gasteiger partial charge in [-0.15, -0.1) is 0 Å². The standard InChI is InChI=1S/C19H21N5O/c25-19(23-10-2-6-17(14-23)18-20-8-9-21-18)16-5-1-4-15(12-16)13-24-11-3-7-22-24/h1,3-5,7-9,11-12,17H,2,6,10,13-14H2,(H,20,21)/t17-/m1/s1. The highest BCUT2D eigenvalue weighted by atomic mass is 16.2. The smallest absolute Gasteiger partial charge is 0.253 e. The van der Waals surface area contributed by atoms with Gasteiger partial charge < -0.3 is 9.88 Å². The van der Waals surface area contributed by atoms with Crippen LogP contribution < -0.4 is 0 Å². The number of imidazole rings is 1. The predicted octanol–water partition coefficient (Wildman–Crippen LogP) is 2.67. The second kappa shape index (κ2) is 6.93. The third-order valence-corrected chi connectivity index (χ3v) is 4.69. The number of carbonyl (C=O) groups excluding carboxylic acids is 1. The summed E-state index contributed by atoms with van der Waals surface area (Å²) in [4.78, 5) is 22.4. The van der Waals surface area contributed by atoms with Gasteiger partial charge in [0, 0.05) is 49.4 Å². The molecular formula is C19H21N5O. The number of likely N-dealkylation sites (tertiary alicyclic amines) is 1. The lowest BCUT2D eigenvalue weighted by Gasteiger charge is -2.32. The summed E-state index contributed by atoms with van der Waals surface area (Å²) in [7, 11) is 0. The Hall–Kier alpha value is -2.89. The highest BCUT2D eigenvalue weighted by Crippen LogP contribution is 2.25. The number of H-pyrrole nitrogens is 1. The van der Waals surface area contributed by atoms with E-state index in [9.17, 15) is 4.79 Å². The summed E-state index contributed by atoms with van der Waals surface area (Å²) in [5.41, 5.74) is 1.82. The lowest BCUT2D eigenvalue weighted by atomic mass is 9.96. The van der Waals surface area contributed by atoms with Crippen LogP contribution in [0.2, 0.25) is 0 Å². The molecule has 1 aromatic carbocycles. The van der Waals surface area contributed by atoms with Crippen molar-refractivity contribution in [2.45, 2.75) is 25.3 Å². The van der Waals surface area contributed by atoms with E-state index in [2.05, 4.69) is 15.1 Å². The van der Waals surface area contributed by atoms with Crippen molar-refractivity contribution in [1.82, 2.24) is 24.6 Å². The fourth-order valence-electron chi connectivity index (χ4n) is 3.45. The minimum absolute atomic E-state index is 0.0959. The van der Waals surface area contributed by atoms with E-state index in [1.165, 1.54) is 0 Å². The Kier molecular flexibility index (Phi) is 4.33. The van der Waals surface area contributed by atoms with Crippen LogP contribution in [-0.2, 0) is 6.54 Å². The first-order chi connectivity index (χ1) is 12.3. The maximum Gasteiger partial charge on any atom is 0.253 e. The van der Waals surface area contributed by atoms with Crippen LogP contribution in [0.15, 0.2) is 55.1 Å². The van der Waals surface area contributed by atoms with E-state index >= 15 is 0 Å². The second-order valence-electron chi connectivity index (χ2n) is 6.47. The van der Waals surface area contributed by atoms with Gasteiger partial charge in [0.05, 0.1) is 6.54 Å². The summed E-state index contributed by atoms with van der Waals surface area (Å²) < 4.78 is 1.86. The Morgan fingerprint density at radius 1 is 1.28 bits per heavy atom. The monoisotopic (exact) mass is 335 g/mol. The van der Waals surface area contributed by atoms with Crippen molar-refractivity contribution in [3.8, 4) is 0 Å². The van der Waals surface area contributed by atoms with Gasteiger partial charge in [0.25, 0.3) is 5.91 Å². The molecule has 128 valence electrons. The minimum atomic E-state index is 0.0959. The average molecular weight is 335 g/mol. The number of aromatic nitrogens is 4. The quantitative estimate of drug-likeness (QED) is 0.797. The molecule has 0 saturated carbocycles. The van der Waals surface area contributed by atoms with Crippen molar-refractivity contribution in [1.29, 1.82) is 0 Å². The van der Waals surface area contributed by atoms with Gasteiger partial charge in [-0.25, -0.2) is 4.98 Å². The lowest BCUT2D eigenvalue weighted by Crippen LogP contribution is -2.39. The van der Waals surface area contributed by atoms with E-state index in [4.69, 9.17) is 0 Å². The number of hydrogen-bond acceptors (Lipinski definition) is 3. The van der Waals surface area contributed by atoms with Crippen LogP contribution in [0.1, 0.15) is 40.5 Å². The molecule has 0 bridgehead atoms. The molecule has 1 atom stereocenters. The van der Waals surface area contributed by atoms with Gasteiger partial charge in [-0.3, -0.25) is 9.48 Å². The van der Waals surface area contributed by atoms with Crippen LogP contribution in [0.5, 0.6) is 0 Å². The minimum Gasteiger partial charge on any atom is -0.348 e. The zero-order valence-corrected chi connectivity index (χ0v) is 14.0. The molecule has 6 heteroatoms. The number of nitrogens with zero attached hydrogens (tertiary/aromatic N) is 4. The van der Waals surface area contributed by atoms with E-state index in [0.717, 1.165) is 42.9 Å². The summed E-state index contributed by atoms with van der Waals surface area (Å²) in [6, 6.07) is 9.74. The van der Waals surface area contributed by atoms with E-state index in [1.807, 2.05) is 52.3 Å². The van der Waals surface area contributed by atoms with Gasteiger partial charge in [-0.1, -0.05) is 12.1 Å². The van der Waals surface area contributed by atoms with Crippen LogP contribution in [0.25, 0.3) is 0 Å². The van der Waals surface area contributed by atoms with Gasteiger partial charge >= 0.3 is 0 Å². The normalized spacial score (nSPS) is 17.6. The molecule has 1 aliphatic heterocycles. The first-order valence-corrected chi connectivity index (χ1v) is 8.64. The van der Waals surface area contributed by atoms with Gasteiger partial charge in [0.1, 0.15) is 5.82 Å². The molecule has 1 N–H and O–H groups in total. The average Bonchev–Trinajstić information content (AvgIpc) is 3.35. The third-order valence-electron chi connectivity index (χ3n) is 4.69. The summed E-state index contributed by atoms with van der Waals surface area (Å²) >= 11 is 0. The first kappa shape index (κ1) is 15.6. The number of nitrogens with one attached hydrogen (secondary N) is 1. The van der Waals surface area contributed by atoms with Crippen molar-refractivity contribution in [3.63, 3.8) is 0 Å². The highest BCUT2D eigenvalue weighted by Gasteiger charge is 2.26. The molecule has 0 spiro atoms. The zero-order valence-electron chi connectivity index (χ0n) is 14.0. The van der Waals surface area contributed by atoms with Crippen LogP contribution in [0, 0.1) is 0 Å². The first-order valence-electron chi connectivity index (χ1n) is 8.64. The number of aromatic amines is 1. The number of amides is 1. The Morgan fingerprint density at radius 2 is 2.24 bits per heavy atom. The van der Waals surface area contributed by atoms with Crippen molar-refractivity contribution in [2.24, 2.45) is 0 Å². The van der Waals surface area contributed by atoms with Crippen molar-refractivity contribution >= 4 is 5.91 Å². The van der Waals surface area contributed by atoms with Crippen LogP contribution >= 0.6 is 0 Å². The van der Waals surface area contributed by atoms with Gasteiger partial charge in [-0.2, -0.15) is 5.10 Å². The summed E-state index contributed by atoms with van der Waals surface area (Å²) in [5, 5.41) is 4.23. The summed E-state index contributed by atoms with van der Waals surface area (Å²) in [5.74, 6) is 1.36. The van der Waals surface area contributed by atoms with Crippen LogP contribution in [0.4, 0.5) is 0 Å². The molecule has 2 aromatic heterocycles. The topological polar surface area (TPSA) is 66.8 Å². The molecule has 1 saturated heterocycles. The second-order valence-corrected chi connectivity index (χ2v) is 6.47. The van der Waals surface area contributed by atoms with Gasteiger partial charge in [0.2, 0.25) is 0 Å². The Labute approximate surface area is 146 Å². The Morgan fingerprint density at radius 3 is 3.04 bits per heavy atom. The fourth-order valence-corrected chi connectivity index (χ4v) is 3.45. The largest absolute Gasteiger partial charge is 0.348 e. The van der Waals surface area contributed by atoms with Gasteiger partial charge in [0.15, 0.2) is 0 Å². The van der Waals surface area contributed by atoms with E-state index in [0.29, 0.717) is 12.5 Å². The number of hydrogen-bond donors (Lipinski definition) is 1. The molecule has 1 amide bonds. The molecule has 0 radical (unpaired) electrons. The zero-order chi connectivity index (χ0) is 17.1. The number of piperidine rings is 1. The molecule has 6 nitrogen and oxygen atoms in total. The molecule has 3 aromatic rings.